The Morgan fingerprint density at radius 3 is 2.71 bits per heavy atom. The molecule has 3 nitrogen and oxygen atoms in total. The van der Waals surface area contributed by atoms with Gasteiger partial charge in [-0.1, -0.05) is 6.92 Å². The maximum absolute atomic E-state index is 5.80. The molecular formula is C11H25N3. The molecular weight excluding hydrogens is 174 g/mol. The monoisotopic (exact) mass is 199 g/mol. The summed E-state index contributed by atoms with van der Waals surface area (Å²) in [4.78, 5) is 4.99. The summed E-state index contributed by atoms with van der Waals surface area (Å²) in [6.07, 6.45) is 2.51. The van der Waals surface area contributed by atoms with E-state index in [0.29, 0.717) is 12.1 Å². The molecule has 0 radical (unpaired) electrons. The van der Waals surface area contributed by atoms with Crippen LogP contribution in [0.4, 0.5) is 0 Å². The van der Waals surface area contributed by atoms with Gasteiger partial charge >= 0.3 is 0 Å². The van der Waals surface area contributed by atoms with Crippen molar-refractivity contribution >= 4 is 0 Å². The third-order valence-corrected chi connectivity index (χ3v) is 3.37. The summed E-state index contributed by atoms with van der Waals surface area (Å²) in [6.45, 7) is 8.90. The Morgan fingerprint density at radius 2 is 2.14 bits per heavy atom. The minimum atomic E-state index is 0.548. The highest BCUT2D eigenvalue weighted by Gasteiger charge is 2.24. The van der Waals surface area contributed by atoms with E-state index >= 15 is 0 Å². The van der Waals surface area contributed by atoms with Gasteiger partial charge in [0.25, 0.3) is 0 Å². The van der Waals surface area contributed by atoms with Crippen LogP contribution in [0, 0.1) is 0 Å². The van der Waals surface area contributed by atoms with Gasteiger partial charge < -0.3 is 10.6 Å². The fraction of sp³-hybridized carbons (Fsp3) is 1.00. The lowest BCUT2D eigenvalue weighted by molar-refractivity contribution is 0.184. The molecule has 0 amide bonds. The molecule has 1 fully saturated rings. The van der Waals surface area contributed by atoms with Gasteiger partial charge in [-0.2, -0.15) is 0 Å². The summed E-state index contributed by atoms with van der Waals surface area (Å²) in [5, 5.41) is 0. The van der Waals surface area contributed by atoms with Crippen molar-refractivity contribution in [2.45, 2.75) is 38.8 Å². The van der Waals surface area contributed by atoms with Crippen LogP contribution in [-0.4, -0.2) is 55.1 Å². The first-order chi connectivity index (χ1) is 6.69. The van der Waals surface area contributed by atoms with Crippen LogP contribution in [0.2, 0.25) is 0 Å². The number of hydrogen-bond donors (Lipinski definition) is 1. The fourth-order valence-electron chi connectivity index (χ4n) is 2.20. The van der Waals surface area contributed by atoms with Crippen LogP contribution < -0.4 is 5.73 Å². The summed E-state index contributed by atoms with van der Waals surface area (Å²) in [5.74, 6) is 0. The molecule has 0 aromatic rings. The smallest absolute Gasteiger partial charge is 0.0342 e. The molecule has 1 rings (SSSR count). The maximum Gasteiger partial charge on any atom is 0.0342 e. The topological polar surface area (TPSA) is 32.5 Å². The lowest BCUT2D eigenvalue weighted by Gasteiger charge is -2.29. The van der Waals surface area contributed by atoms with Gasteiger partial charge in [-0.25, -0.2) is 0 Å². The van der Waals surface area contributed by atoms with Gasteiger partial charge in [0.2, 0.25) is 0 Å². The summed E-state index contributed by atoms with van der Waals surface area (Å²) in [5.41, 5.74) is 5.80. The maximum atomic E-state index is 5.80. The second-order valence-electron chi connectivity index (χ2n) is 4.50. The van der Waals surface area contributed by atoms with Crippen molar-refractivity contribution in [1.82, 2.24) is 9.80 Å². The quantitative estimate of drug-likeness (QED) is 0.728. The first-order valence-electron chi connectivity index (χ1n) is 5.83. The Morgan fingerprint density at radius 1 is 1.43 bits per heavy atom. The van der Waals surface area contributed by atoms with Crippen molar-refractivity contribution in [2.24, 2.45) is 5.73 Å². The minimum absolute atomic E-state index is 0.548. The molecule has 0 spiro atoms. The highest BCUT2D eigenvalue weighted by molar-refractivity contribution is 4.82. The fourth-order valence-corrected chi connectivity index (χ4v) is 2.20. The lowest BCUT2D eigenvalue weighted by atomic mass is 10.2. The van der Waals surface area contributed by atoms with Crippen LogP contribution in [0.3, 0.4) is 0 Å². The molecule has 1 heterocycles. The highest BCUT2D eigenvalue weighted by atomic mass is 15.2. The van der Waals surface area contributed by atoms with Gasteiger partial charge in [-0.05, 0) is 39.9 Å². The average Bonchev–Trinajstić information content (AvgIpc) is 2.31. The number of hydrogen-bond acceptors (Lipinski definition) is 3. The van der Waals surface area contributed by atoms with E-state index in [0.717, 1.165) is 13.1 Å². The summed E-state index contributed by atoms with van der Waals surface area (Å²) in [6, 6.07) is 1.26. The van der Waals surface area contributed by atoms with Crippen molar-refractivity contribution in [3.05, 3.63) is 0 Å². The van der Waals surface area contributed by atoms with Crippen molar-refractivity contribution in [1.29, 1.82) is 0 Å². The Hall–Kier alpha value is -0.120. The molecule has 2 N–H and O–H groups in total. The summed E-state index contributed by atoms with van der Waals surface area (Å²) >= 11 is 0. The summed E-state index contributed by atoms with van der Waals surface area (Å²) in [7, 11) is 2.19. The van der Waals surface area contributed by atoms with Gasteiger partial charge in [0, 0.05) is 25.2 Å². The second-order valence-corrected chi connectivity index (χ2v) is 4.50. The first-order valence-corrected chi connectivity index (χ1v) is 5.83. The zero-order valence-corrected chi connectivity index (χ0v) is 9.87. The Kier molecular flexibility index (Phi) is 4.85. The third kappa shape index (κ3) is 2.94. The Balaban J connectivity index is 2.56. The largest absolute Gasteiger partial charge is 0.329 e. The molecule has 1 saturated heterocycles. The molecule has 1 aliphatic rings. The zero-order chi connectivity index (χ0) is 10.6. The van der Waals surface area contributed by atoms with E-state index in [1.165, 1.54) is 25.9 Å². The van der Waals surface area contributed by atoms with E-state index < -0.39 is 0 Å². The minimum Gasteiger partial charge on any atom is -0.329 e. The van der Waals surface area contributed by atoms with Crippen LogP contribution in [0.5, 0.6) is 0 Å². The molecule has 0 aliphatic carbocycles. The first kappa shape index (κ1) is 12.0. The Bertz CT molecular complexity index is 161. The molecule has 14 heavy (non-hydrogen) atoms. The van der Waals surface area contributed by atoms with Crippen molar-refractivity contribution in [2.75, 3.05) is 33.2 Å². The standard InChI is InChI=1S/C11H25N3/c1-4-6-14-9-11(8-12)13(3)7-5-10(14)2/h10-11H,4-9,12H2,1-3H3. The Labute approximate surface area is 88.2 Å². The van der Waals surface area contributed by atoms with E-state index in [-0.39, 0.29) is 0 Å². The van der Waals surface area contributed by atoms with E-state index in [1.807, 2.05) is 0 Å². The van der Waals surface area contributed by atoms with Gasteiger partial charge in [0.1, 0.15) is 0 Å². The number of likely N-dealkylation sites (N-methyl/N-ethyl adjacent to an activating group) is 1. The predicted octanol–water partition coefficient (Wildman–Crippen LogP) is 0.750. The molecule has 3 heteroatoms. The van der Waals surface area contributed by atoms with Crippen LogP contribution in [0.1, 0.15) is 26.7 Å². The molecule has 0 saturated carbocycles. The number of nitrogens with two attached hydrogens (primary N) is 1. The lowest BCUT2D eigenvalue weighted by Crippen LogP contribution is -2.45. The molecule has 84 valence electrons. The van der Waals surface area contributed by atoms with Crippen molar-refractivity contribution in [3.63, 3.8) is 0 Å². The van der Waals surface area contributed by atoms with Crippen molar-refractivity contribution < 1.29 is 0 Å². The molecule has 1 aliphatic heterocycles. The van der Waals surface area contributed by atoms with Crippen molar-refractivity contribution in [3.8, 4) is 0 Å². The van der Waals surface area contributed by atoms with Gasteiger partial charge in [0.15, 0.2) is 0 Å². The summed E-state index contributed by atoms with van der Waals surface area (Å²) < 4.78 is 0. The molecule has 0 aromatic carbocycles. The molecule has 2 unspecified atom stereocenters. The van der Waals surface area contributed by atoms with E-state index in [4.69, 9.17) is 5.73 Å². The van der Waals surface area contributed by atoms with E-state index in [1.54, 1.807) is 0 Å². The van der Waals surface area contributed by atoms with Crippen LogP contribution >= 0.6 is 0 Å². The third-order valence-electron chi connectivity index (χ3n) is 3.37. The zero-order valence-electron chi connectivity index (χ0n) is 9.87. The highest BCUT2D eigenvalue weighted by Crippen LogP contribution is 2.13. The normalized spacial score (nSPS) is 31.7. The second kappa shape index (κ2) is 5.69. The predicted molar refractivity (Wildman–Crippen MR) is 61.4 cm³/mol. The van der Waals surface area contributed by atoms with Gasteiger partial charge in [0.05, 0.1) is 0 Å². The molecule has 2 atom stereocenters. The van der Waals surface area contributed by atoms with E-state index in [9.17, 15) is 0 Å². The van der Waals surface area contributed by atoms with Crippen LogP contribution in [0.25, 0.3) is 0 Å². The van der Waals surface area contributed by atoms with Gasteiger partial charge in [-0.3, -0.25) is 4.90 Å². The number of rotatable bonds is 3. The van der Waals surface area contributed by atoms with Crippen LogP contribution in [0.15, 0.2) is 0 Å². The van der Waals surface area contributed by atoms with Gasteiger partial charge in [-0.15, -0.1) is 0 Å². The van der Waals surface area contributed by atoms with Crippen LogP contribution in [-0.2, 0) is 0 Å². The molecule has 0 bridgehead atoms. The van der Waals surface area contributed by atoms with E-state index in [2.05, 4.69) is 30.7 Å². The average molecular weight is 199 g/mol. The molecule has 0 aromatic heterocycles. The number of nitrogens with zero attached hydrogens (tertiary/aromatic N) is 2. The SMILES string of the molecule is CCCN1CC(CN)N(C)CCC1C.